The average Bonchev–Trinajstić information content (AvgIpc) is 2.65. The fourth-order valence-corrected chi connectivity index (χ4v) is 2.49. The molecule has 0 aliphatic rings. The van der Waals surface area contributed by atoms with Gasteiger partial charge < -0.3 is 15.5 Å². The molecule has 2 aromatic rings. The lowest BCUT2D eigenvalue weighted by Crippen LogP contribution is -2.40. The number of hydrogen-bond donors (Lipinski definition) is 2. The number of aliphatic imine (C=N–C) groups is 1. The van der Waals surface area contributed by atoms with Crippen LogP contribution in [-0.2, 0) is 17.9 Å². The molecule has 0 heterocycles. The number of rotatable bonds is 7. The Morgan fingerprint density at radius 1 is 0.960 bits per heavy atom. The van der Waals surface area contributed by atoms with Gasteiger partial charge in [-0.15, -0.1) is 0 Å². The number of nitrogens with one attached hydrogen (secondary N) is 2. The lowest BCUT2D eigenvalue weighted by Gasteiger charge is -2.22. The van der Waals surface area contributed by atoms with Gasteiger partial charge in [0.15, 0.2) is 5.96 Å². The van der Waals surface area contributed by atoms with Crippen LogP contribution < -0.4 is 10.6 Å². The second kappa shape index (κ2) is 10.1. The van der Waals surface area contributed by atoms with Crippen LogP contribution in [0, 0.1) is 0 Å². The summed E-state index contributed by atoms with van der Waals surface area (Å²) < 4.78 is 0. The van der Waals surface area contributed by atoms with Crippen LogP contribution in [-0.4, -0.2) is 37.4 Å². The van der Waals surface area contributed by atoms with Crippen LogP contribution in [0.3, 0.4) is 0 Å². The first kappa shape index (κ1) is 18.5. The van der Waals surface area contributed by atoms with E-state index in [9.17, 15) is 4.79 Å². The minimum Gasteiger partial charge on any atom is -0.356 e. The minimum absolute atomic E-state index is 0.0255. The Morgan fingerprint density at radius 2 is 1.56 bits per heavy atom. The van der Waals surface area contributed by atoms with Gasteiger partial charge in [0.1, 0.15) is 0 Å². The topological polar surface area (TPSA) is 56.7 Å². The molecule has 0 saturated carbocycles. The van der Waals surface area contributed by atoms with Crippen molar-refractivity contribution in [1.29, 1.82) is 0 Å². The highest BCUT2D eigenvalue weighted by atomic mass is 16.1. The zero-order valence-corrected chi connectivity index (χ0v) is 14.9. The lowest BCUT2D eigenvalue weighted by molar-refractivity contribution is -0.121. The summed E-state index contributed by atoms with van der Waals surface area (Å²) in [4.78, 5) is 18.3. The van der Waals surface area contributed by atoms with Crippen LogP contribution >= 0.6 is 0 Å². The Morgan fingerprint density at radius 3 is 2.16 bits per heavy atom. The van der Waals surface area contributed by atoms with E-state index in [-0.39, 0.29) is 5.91 Å². The van der Waals surface area contributed by atoms with E-state index >= 15 is 0 Å². The van der Waals surface area contributed by atoms with E-state index in [0.717, 1.165) is 18.1 Å². The van der Waals surface area contributed by atoms with Crippen LogP contribution in [0.4, 0.5) is 0 Å². The van der Waals surface area contributed by atoms with E-state index in [1.807, 2.05) is 60.5 Å². The molecule has 0 aliphatic heterocycles. The predicted octanol–water partition coefficient (Wildman–Crippen LogP) is 2.40. The van der Waals surface area contributed by atoms with E-state index in [4.69, 9.17) is 0 Å². The quantitative estimate of drug-likeness (QED) is 0.602. The second-order valence-electron chi connectivity index (χ2n) is 5.83. The number of amides is 1. The Kier molecular flexibility index (Phi) is 7.50. The molecule has 2 aromatic carbocycles. The molecule has 25 heavy (non-hydrogen) atoms. The molecule has 2 rings (SSSR count). The number of nitrogens with zero attached hydrogens (tertiary/aromatic N) is 2. The highest BCUT2D eigenvalue weighted by Gasteiger charge is 2.07. The van der Waals surface area contributed by atoms with Crippen LogP contribution in [0.2, 0.25) is 0 Å². The molecular weight excluding hydrogens is 312 g/mol. The van der Waals surface area contributed by atoms with Crippen LogP contribution in [0.15, 0.2) is 65.7 Å². The van der Waals surface area contributed by atoms with Crippen molar-refractivity contribution in [3.63, 3.8) is 0 Å². The van der Waals surface area contributed by atoms with E-state index in [2.05, 4.69) is 27.8 Å². The van der Waals surface area contributed by atoms with Gasteiger partial charge in [-0.1, -0.05) is 60.7 Å². The summed E-state index contributed by atoms with van der Waals surface area (Å²) in [5, 5.41) is 6.16. The first-order valence-electron chi connectivity index (χ1n) is 8.45. The summed E-state index contributed by atoms with van der Waals surface area (Å²) in [6, 6.07) is 20.1. The first-order chi connectivity index (χ1) is 12.2. The Hall–Kier alpha value is -2.82. The minimum atomic E-state index is 0.0255. The maximum absolute atomic E-state index is 11.9. The molecule has 1 amide bonds. The normalized spacial score (nSPS) is 11.0. The predicted molar refractivity (Wildman–Crippen MR) is 102 cm³/mol. The molecule has 0 spiro atoms. The summed E-state index contributed by atoms with van der Waals surface area (Å²) in [5.41, 5.74) is 2.32. The molecule has 0 bridgehead atoms. The number of hydrogen-bond acceptors (Lipinski definition) is 2. The zero-order chi connectivity index (χ0) is 17.9. The van der Waals surface area contributed by atoms with Crippen molar-refractivity contribution < 1.29 is 4.79 Å². The van der Waals surface area contributed by atoms with Gasteiger partial charge in [0.25, 0.3) is 0 Å². The third-order valence-electron chi connectivity index (χ3n) is 3.80. The Bertz CT molecular complexity index is 671. The Labute approximate surface area is 149 Å². The molecule has 132 valence electrons. The van der Waals surface area contributed by atoms with Gasteiger partial charge >= 0.3 is 0 Å². The van der Waals surface area contributed by atoms with Crippen molar-refractivity contribution in [2.45, 2.75) is 19.5 Å². The van der Waals surface area contributed by atoms with Gasteiger partial charge in [-0.2, -0.15) is 0 Å². The SMILES string of the molecule is CN=C(NCCC(=O)NCc1ccccc1)N(C)Cc1ccccc1. The van der Waals surface area contributed by atoms with Gasteiger partial charge in [0.05, 0.1) is 0 Å². The number of guanidine groups is 1. The van der Waals surface area contributed by atoms with Crippen molar-refractivity contribution in [2.24, 2.45) is 4.99 Å². The van der Waals surface area contributed by atoms with Crippen molar-refractivity contribution in [1.82, 2.24) is 15.5 Å². The van der Waals surface area contributed by atoms with Crippen LogP contribution in [0.1, 0.15) is 17.5 Å². The highest BCUT2D eigenvalue weighted by Crippen LogP contribution is 2.02. The fraction of sp³-hybridized carbons (Fsp3) is 0.300. The van der Waals surface area contributed by atoms with Gasteiger partial charge in [0, 0.05) is 40.2 Å². The summed E-state index contributed by atoms with van der Waals surface area (Å²) in [5.74, 6) is 0.803. The fourth-order valence-electron chi connectivity index (χ4n) is 2.49. The third kappa shape index (κ3) is 6.67. The van der Waals surface area contributed by atoms with Crippen molar-refractivity contribution in [3.05, 3.63) is 71.8 Å². The summed E-state index contributed by atoms with van der Waals surface area (Å²) >= 11 is 0. The third-order valence-corrected chi connectivity index (χ3v) is 3.80. The van der Waals surface area contributed by atoms with Gasteiger partial charge in [-0.25, -0.2) is 0 Å². The second-order valence-corrected chi connectivity index (χ2v) is 5.83. The van der Waals surface area contributed by atoms with Crippen molar-refractivity contribution >= 4 is 11.9 Å². The van der Waals surface area contributed by atoms with Gasteiger partial charge in [-0.05, 0) is 11.1 Å². The largest absolute Gasteiger partial charge is 0.356 e. The standard InChI is InChI=1S/C20H26N4O/c1-21-20(24(2)16-18-11-7-4-8-12-18)22-14-13-19(25)23-15-17-9-5-3-6-10-17/h3-12H,13-16H2,1-2H3,(H,21,22)(H,23,25). The van der Waals surface area contributed by atoms with E-state index in [1.54, 1.807) is 7.05 Å². The molecule has 5 heteroatoms. The maximum atomic E-state index is 11.9. The summed E-state index contributed by atoms with van der Waals surface area (Å²) in [6.07, 6.45) is 0.408. The molecule has 5 nitrogen and oxygen atoms in total. The molecule has 0 unspecified atom stereocenters. The smallest absolute Gasteiger partial charge is 0.222 e. The molecule has 0 saturated heterocycles. The summed E-state index contributed by atoms with van der Waals surface area (Å²) in [6.45, 7) is 1.87. The molecule has 2 N–H and O–H groups in total. The van der Waals surface area contributed by atoms with Crippen LogP contribution in [0.5, 0.6) is 0 Å². The van der Waals surface area contributed by atoms with Gasteiger partial charge in [-0.3, -0.25) is 9.79 Å². The monoisotopic (exact) mass is 338 g/mol. The van der Waals surface area contributed by atoms with Crippen LogP contribution in [0.25, 0.3) is 0 Å². The molecule has 0 aromatic heterocycles. The number of carbonyl (C=O) groups excluding carboxylic acids is 1. The summed E-state index contributed by atoms with van der Waals surface area (Å²) in [7, 11) is 3.73. The van der Waals surface area contributed by atoms with Crippen molar-refractivity contribution in [2.75, 3.05) is 20.6 Å². The first-order valence-corrected chi connectivity index (χ1v) is 8.45. The van der Waals surface area contributed by atoms with E-state index in [0.29, 0.717) is 19.5 Å². The number of carbonyl (C=O) groups is 1. The molecular formula is C20H26N4O. The average molecular weight is 338 g/mol. The lowest BCUT2D eigenvalue weighted by atomic mass is 10.2. The Balaban J connectivity index is 1.70. The van der Waals surface area contributed by atoms with Gasteiger partial charge in [0.2, 0.25) is 5.91 Å². The maximum Gasteiger partial charge on any atom is 0.222 e. The molecule has 0 aliphatic carbocycles. The van der Waals surface area contributed by atoms with E-state index in [1.165, 1.54) is 5.56 Å². The molecule has 0 fully saturated rings. The highest BCUT2D eigenvalue weighted by molar-refractivity contribution is 5.81. The van der Waals surface area contributed by atoms with E-state index < -0.39 is 0 Å². The number of benzene rings is 2. The zero-order valence-electron chi connectivity index (χ0n) is 14.9. The van der Waals surface area contributed by atoms with Crippen molar-refractivity contribution in [3.8, 4) is 0 Å². The molecule has 0 atom stereocenters. The molecule has 0 radical (unpaired) electrons.